The average Bonchev–Trinajstić information content (AvgIpc) is 3.39. The fourth-order valence-corrected chi connectivity index (χ4v) is 3.12. The van der Waals surface area contributed by atoms with Gasteiger partial charge >= 0.3 is 0 Å². The number of nitrogens with one attached hydrogen (secondary N) is 1. The third kappa shape index (κ3) is 2.03. The number of hydrogen-bond acceptors (Lipinski definition) is 3. The highest BCUT2D eigenvalue weighted by atomic mass is 16.5. The van der Waals surface area contributed by atoms with Gasteiger partial charge in [-0.3, -0.25) is 4.79 Å². The Morgan fingerprint density at radius 1 is 1.09 bits per heavy atom. The smallest absolute Gasteiger partial charge is 0.258 e. The first kappa shape index (κ1) is 13.2. The summed E-state index contributed by atoms with van der Waals surface area (Å²) in [5.74, 6) is 0.908. The Kier molecular flexibility index (Phi) is 3.03. The van der Waals surface area contributed by atoms with Crippen LogP contribution in [0, 0.1) is 0 Å². The second kappa shape index (κ2) is 5.05. The zero-order chi connectivity index (χ0) is 15.1. The lowest BCUT2D eigenvalue weighted by atomic mass is 10.0. The number of para-hydroxylation sites is 2. The summed E-state index contributed by atoms with van der Waals surface area (Å²) >= 11 is 0. The molecule has 2 aliphatic rings. The molecule has 1 atom stereocenters. The van der Waals surface area contributed by atoms with Gasteiger partial charge in [0, 0.05) is 17.3 Å². The van der Waals surface area contributed by atoms with Crippen LogP contribution in [0.2, 0.25) is 0 Å². The lowest BCUT2D eigenvalue weighted by molar-refractivity contribution is 0.0664. The maximum Gasteiger partial charge on any atom is 0.258 e. The number of anilines is 1. The minimum atomic E-state index is -0.175. The monoisotopic (exact) mass is 294 g/mol. The van der Waals surface area contributed by atoms with Crippen molar-refractivity contribution in [3.05, 3.63) is 59.7 Å². The first-order valence-corrected chi connectivity index (χ1v) is 7.61. The van der Waals surface area contributed by atoms with Crippen molar-refractivity contribution in [2.24, 2.45) is 0 Å². The standard InChI is InChI=1S/C18H18N2O2/c1-22-16-9-5-3-7-14(16)17-19-15-8-4-2-6-13(15)18(21)20(17)12-10-11-12/h2-9,12,17,19H,10-11H2,1H3. The maximum atomic E-state index is 12.9. The molecule has 4 heteroatoms. The Morgan fingerprint density at radius 3 is 2.59 bits per heavy atom. The molecule has 1 aliphatic heterocycles. The molecule has 1 amide bonds. The zero-order valence-corrected chi connectivity index (χ0v) is 12.5. The summed E-state index contributed by atoms with van der Waals surface area (Å²) in [4.78, 5) is 14.9. The van der Waals surface area contributed by atoms with Gasteiger partial charge in [-0.25, -0.2) is 0 Å². The van der Waals surface area contributed by atoms with E-state index in [9.17, 15) is 4.79 Å². The molecule has 0 bridgehead atoms. The Labute approximate surface area is 129 Å². The maximum absolute atomic E-state index is 12.9. The average molecular weight is 294 g/mol. The summed E-state index contributed by atoms with van der Waals surface area (Å²) in [6, 6.07) is 15.9. The van der Waals surface area contributed by atoms with Crippen LogP contribution in [-0.4, -0.2) is 24.0 Å². The largest absolute Gasteiger partial charge is 0.496 e. The van der Waals surface area contributed by atoms with Gasteiger partial charge in [-0.2, -0.15) is 0 Å². The number of fused-ring (bicyclic) bond motifs is 1. The number of benzene rings is 2. The van der Waals surface area contributed by atoms with E-state index in [1.807, 2.05) is 53.4 Å². The summed E-state index contributed by atoms with van der Waals surface area (Å²) in [5, 5.41) is 3.51. The molecule has 0 spiro atoms. The summed E-state index contributed by atoms with van der Waals surface area (Å²) in [7, 11) is 1.67. The highest BCUT2D eigenvalue weighted by molar-refractivity contribution is 6.02. The molecular weight excluding hydrogens is 276 g/mol. The van der Waals surface area contributed by atoms with Crippen molar-refractivity contribution in [2.75, 3.05) is 12.4 Å². The Bertz CT molecular complexity index is 725. The molecule has 1 saturated carbocycles. The number of carbonyl (C=O) groups is 1. The first-order chi connectivity index (χ1) is 10.8. The van der Waals surface area contributed by atoms with Crippen molar-refractivity contribution in [1.29, 1.82) is 0 Å². The van der Waals surface area contributed by atoms with Gasteiger partial charge in [-0.1, -0.05) is 30.3 Å². The highest BCUT2D eigenvalue weighted by Gasteiger charge is 2.42. The van der Waals surface area contributed by atoms with E-state index in [1.54, 1.807) is 7.11 Å². The Morgan fingerprint density at radius 2 is 1.82 bits per heavy atom. The molecule has 22 heavy (non-hydrogen) atoms. The number of amides is 1. The summed E-state index contributed by atoms with van der Waals surface area (Å²) in [5.41, 5.74) is 2.64. The van der Waals surface area contributed by atoms with E-state index in [4.69, 9.17) is 4.74 Å². The molecule has 2 aromatic carbocycles. The number of hydrogen-bond donors (Lipinski definition) is 1. The van der Waals surface area contributed by atoms with Crippen molar-refractivity contribution in [3.8, 4) is 5.75 Å². The molecule has 1 N–H and O–H groups in total. The van der Waals surface area contributed by atoms with Gasteiger partial charge in [0.2, 0.25) is 0 Å². The molecule has 1 fully saturated rings. The minimum Gasteiger partial charge on any atom is -0.496 e. The number of rotatable bonds is 3. The van der Waals surface area contributed by atoms with Crippen LogP contribution in [0.4, 0.5) is 5.69 Å². The SMILES string of the molecule is COc1ccccc1C1Nc2ccccc2C(=O)N1C1CC1. The van der Waals surface area contributed by atoms with Crippen LogP contribution in [0.25, 0.3) is 0 Å². The third-order valence-corrected chi connectivity index (χ3v) is 4.34. The molecule has 0 saturated heterocycles. The number of carbonyl (C=O) groups excluding carboxylic acids is 1. The predicted octanol–water partition coefficient (Wildman–Crippen LogP) is 3.42. The highest BCUT2D eigenvalue weighted by Crippen LogP contribution is 2.42. The number of ether oxygens (including phenoxy) is 1. The van der Waals surface area contributed by atoms with Crippen LogP contribution >= 0.6 is 0 Å². The molecule has 0 radical (unpaired) electrons. The van der Waals surface area contributed by atoms with Gasteiger partial charge in [0.05, 0.1) is 12.7 Å². The zero-order valence-electron chi connectivity index (χ0n) is 12.5. The second-order valence-corrected chi connectivity index (χ2v) is 5.78. The third-order valence-electron chi connectivity index (χ3n) is 4.34. The fourth-order valence-electron chi connectivity index (χ4n) is 3.12. The molecule has 1 heterocycles. The minimum absolute atomic E-state index is 0.104. The summed E-state index contributed by atoms with van der Waals surface area (Å²) in [6.45, 7) is 0. The topological polar surface area (TPSA) is 41.6 Å². The van der Waals surface area contributed by atoms with Gasteiger partial charge in [-0.15, -0.1) is 0 Å². The predicted molar refractivity (Wildman–Crippen MR) is 85.0 cm³/mol. The van der Waals surface area contributed by atoms with Crippen LogP contribution < -0.4 is 10.1 Å². The van der Waals surface area contributed by atoms with Gasteiger partial charge in [-0.05, 0) is 31.0 Å². The fraction of sp³-hybridized carbons (Fsp3) is 0.278. The molecule has 112 valence electrons. The van der Waals surface area contributed by atoms with E-state index < -0.39 is 0 Å². The van der Waals surface area contributed by atoms with E-state index in [0.717, 1.165) is 35.4 Å². The lowest BCUT2D eigenvalue weighted by Crippen LogP contribution is -2.44. The van der Waals surface area contributed by atoms with Crippen LogP contribution in [0.1, 0.15) is 34.9 Å². The van der Waals surface area contributed by atoms with Crippen LogP contribution in [0.5, 0.6) is 5.75 Å². The normalized spacial score (nSPS) is 20.3. The summed E-state index contributed by atoms with van der Waals surface area (Å²) in [6.07, 6.45) is 1.97. The van der Waals surface area contributed by atoms with Crippen LogP contribution in [-0.2, 0) is 0 Å². The number of nitrogens with zero attached hydrogens (tertiary/aromatic N) is 1. The van der Waals surface area contributed by atoms with Crippen LogP contribution in [0.15, 0.2) is 48.5 Å². The van der Waals surface area contributed by atoms with Gasteiger partial charge in [0.15, 0.2) is 0 Å². The molecular formula is C18H18N2O2. The van der Waals surface area contributed by atoms with Crippen molar-refractivity contribution in [1.82, 2.24) is 4.90 Å². The quantitative estimate of drug-likeness (QED) is 0.943. The van der Waals surface area contributed by atoms with Crippen molar-refractivity contribution >= 4 is 11.6 Å². The lowest BCUT2D eigenvalue weighted by Gasteiger charge is -2.38. The van der Waals surface area contributed by atoms with E-state index in [2.05, 4.69) is 5.32 Å². The van der Waals surface area contributed by atoms with Crippen molar-refractivity contribution < 1.29 is 9.53 Å². The molecule has 1 unspecified atom stereocenters. The van der Waals surface area contributed by atoms with Gasteiger partial charge < -0.3 is 15.0 Å². The van der Waals surface area contributed by atoms with E-state index in [0.29, 0.717) is 6.04 Å². The van der Waals surface area contributed by atoms with Gasteiger partial charge in [0.1, 0.15) is 11.9 Å². The van der Waals surface area contributed by atoms with E-state index >= 15 is 0 Å². The molecule has 2 aromatic rings. The second-order valence-electron chi connectivity index (χ2n) is 5.78. The van der Waals surface area contributed by atoms with Crippen LogP contribution in [0.3, 0.4) is 0 Å². The van der Waals surface area contributed by atoms with E-state index in [-0.39, 0.29) is 12.1 Å². The Hall–Kier alpha value is -2.49. The van der Waals surface area contributed by atoms with Gasteiger partial charge in [0.25, 0.3) is 5.91 Å². The van der Waals surface area contributed by atoms with E-state index in [1.165, 1.54) is 0 Å². The van der Waals surface area contributed by atoms with Crippen molar-refractivity contribution in [3.63, 3.8) is 0 Å². The van der Waals surface area contributed by atoms with Crippen molar-refractivity contribution in [2.45, 2.75) is 25.0 Å². The molecule has 1 aliphatic carbocycles. The number of methoxy groups -OCH3 is 1. The molecule has 4 nitrogen and oxygen atoms in total. The first-order valence-electron chi connectivity index (χ1n) is 7.61. The molecule has 0 aromatic heterocycles. The summed E-state index contributed by atoms with van der Waals surface area (Å²) < 4.78 is 5.49. The Balaban J connectivity index is 1.82. The molecule has 4 rings (SSSR count).